The molecular weight excluding hydrogens is 147 g/mol. The zero-order chi connectivity index (χ0) is 7.82. The highest BCUT2D eigenvalue weighted by Crippen LogP contribution is 2.20. The minimum Gasteiger partial charge on any atom is -0.330 e. The van der Waals surface area contributed by atoms with Crippen LogP contribution in [0.1, 0.15) is 6.42 Å². The van der Waals surface area contributed by atoms with Crippen LogP contribution in [0.25, 0.3) is 0 Å². The topological polar surface area (TPSA) is 26.3 Å². The minimum atomic E-state index is -1.95. The Labute approximate surface area is 62.1 Å². The Kier molecular flexibility index (Phi) is 6.27. The van der Waals surface area contributed by atoms with Crippen molar-refractivity contribution in [1.29, 1.82) is 0 Å². The Morgan fingerprint density at radius 2 is 2.50 bits per heavy atom. The fourth-order valence-electron chi connectivity index (χ4n) is 0.390. The van der Waals surface area contributed by atoms with Crippen molar-refractivity contribution in [2.75, 3.05) is 12.8 Å². The van der Waals surface area contributed by atoms with Crippen LogP contribution in [0.4, 0.5) is 0 Å². The lowest BCUT2D eigenvalue weighted by atomic mass is 10.5. The van der Waals surface area contributed by atoms with E-state index in [2.05, 4.69) is 12.5 Å². The molecule has 0 radical (unpaired) electrons. The predicted molar refractivity (Wildman–Crippen MR) is 43.5 cm³/mol. The van der Waals surface area contributed by atoms with Crippen molar-refractivity contribution < 1.29 is 9.09 Å². The molecule has 0 spiro atoms. The summed E-state index contributed by atoms with van der Waals surface area (Å²) in [5.41, 5.74) is 0. The van der Waals surface area contributed by atoms with E-state index in [1.54, 1.807) is 6.08 Å². The average molecular weight is 158 g/mol. The van der Waals surface area contributed by atoms with Gasteiger partial charge in [-0.3, -0.25) is 4.57 Å². The van der Waals surface area contributed by atoms with Gasteiger partial charge in [-0.15, -0.1) is 13.0 Å². The van der Waals surface area contributed by atoms with Crippen molar-refractivity contribution >= 4 is 8.03 Å². The number of rotatable bonds is 5. The SMILES string of the molecule is C#CC[PH](=O)OCCC=C. The molecule has 10 heavy (non-hydrogen) atoms. The van der Waals surface area contributed by atoms with Crippen molar-refractivity contribution in [3.63, 3.8) is 0 Å². The first-order valence-corrected chi connectivity index (χ1v) is 4.53. The van der Waals surface area contributed by atoms with Gasteiger partial charge in [0.25, 0.3) is 0 Å². The van der Waals surface area contributed by atoms with Crippen LogP contribution in [-0.4, -0.2) is 12.8 Å². The van der Waals surface area contributed by atoms with Gasteiger partial charge in [-0.2, -0.15) is 0 Å². The third kappa shape index (κ3) is 5.62. The molecule has 0 amide bonds. The number of hydrogen-bond acceptors (Lipinski definition) is 2. The summed E-state index contributed by atoms with van der Waals surface area (Å²) in [5, 5.41) is 0. The van der Waals surface area contributed by atoms with Crippen LogP contribution < -0.4 is 0 Å². The molecule has 0 saturated heterocycles. The summed E-state index contributed by atoms with van der Waals surface area (Å²) in [7, 11) is -1.95. The molecule has 0 aromatic carbocycles. The van der Waals surface area contributed by atoms with Gasteiger partial charge in [-0.1, -0.05) is 12.0 Å². The zero-order valence-corrected chi connectivity index (χ0v) is 6.80. The van der Waals surface area contributed by atoms with Gasteiger partial charge < -0.3 is 4.52 Å². The number of terminal acetylenes is 1. The van der Waals surface area contributed by atoms with Crippen LogP contribution in [-0.2, 0) is 9.09 Å². The Bertz CT molecular complexity index is 157. The van der Waals surface area contributed by atoms with Crippen LogP contribution in [0.5, 0.6) is 0 Å². The van der Waals surface area contributed by atoms with Crippen molar-refractivity contribution in [2.24, 2.45) is 0 Å². The third-order valence-electron chi connectivity index (χ3n) is 0.831. The lowest BCUT2D eigenvalue weighted by Gasteiger charge is -1.96. The predicted octanol–water partition coefficient (Wildman–Crippen LogP) is 1.69. The maximum atomic E-state index is 10.7. The molecule has 56 valence electrons. The van der Waals surface area contributed by atoms with E-state index in [0.717, 1.165) is 6.42 Å². The van der Waals surface area contributed by atoms with E-state index in [9.17, 15) is 4.57 Å². The average Bonchev–Trinajstić information content (AvgIpc) is 1.89. The Hall–Kier alpha value is -0.510. The van der Waals surface area contributed by atoms with Crippen LogP contribution in [0.3, 0.4) is 0 Å². The van der Waals surface area contributed by atoms with Crippen molar-refractivity contribution in [3.05, 3.63) is 12.7 Å². The van der Waals surface area contributed by atoms with Crippen molar-refractivity contribution in [1.82, 2.24) is 0 Å². The number of hydrogen-bond donors (Lipinski definition) is 0. The van der Waals surface area contributed by atoms with Gasteiger partial charge in [0, 0.05) is 0 Å². The fourth-order valence-corrected chi connectivity index (χ4v) is 1.00. The second-order valence-corrected chi connectivity index (χ2v) is 3.06. The monoisotopic (exact) mass is 158 g/mol. The maximum Gasteiger partial charge on any atom is 0.203 e. The van der Waals surface area contributed by atoms with E-state index < -0.39 is 8.03 Å². The van der Waals surface area contributed by atoms with E-state index >= 15 is 0 Å². The van der Waals surface area contributed by atoms with Gasteiger partial charge in [0.2, 0.25) is 8.03 Å². The first-order chi connectivity index (χ1) is 4.81. The molecule has 1 atom stereocenters. The van der Waals surface area contributed by atoms with Gasteiger partial charge in [0.05, 0.1) is 12.8 Å². The lowest BCUT2D eigenvalue weighted by molar-refractivity contribution is 0.338. The molecule has 0 aliphatic carbocycles. The van der Waals surface area contributed by atoms with Crippen LogP contribution in [0.15, 0.2) is 12.7 Å². The van der Waals surface area contributed by atoms with Crippen LogP contribution >= 0.6 is 8.03 Å². The Balaban J connectivity index is 3.23. The van der Waals surface area contributed by atoms with Gasteiger partial charge >= 0.3 is 0 Å². The van der Waals surface area contributed by atoms with E-state index in [1.807, 2.05) is 0 Å². The molecule has 0 aromatic heterocycles. The second kappa shape index (κ2) is 6.61. The molecule has 0 bridgehead atoms. The molecule has 0 saturated carbocycles. The lowest BCUT2D eigenvalue weighted by Crippen LogP contribution is -1.84. The Morgan fingerprint density at radius 1 is 1.80 bits per heavy atom. The fraction of sp³-hybridized carbons (Fsp3) is 0.429. The molecule has 0 aliphatic heterocycles. The van der Waals surface area contributed by atoms with Gasteiger partial charge in [-0.25, -0.2) is 0 Å². The molecule has 0 aromatic rings. The summed E-state index contributed by atoms with van der Waals surface area (Å²) in [4.78, 5) is 0. The van der Waals surface area contributed by atoms with E-state index in [0.29, 0.717) is 6.61 Å². The summed E-state index contributed by atoms with van der Waals surface area (Å²) in [6, 6.07) is 0. The third-order valence-corrected chi connectivity index (χ3v) is 1.85. The smallest absolute Gasteiger partial charge is 0.203 e. The largest absolute Gasteiger partial charge is 0.330 e. The molecular formula is C7H11O2P. The van der Waals surface area contributed by atoms with E-state index in [4.69, 9.17) is 10.9 Å². The van der Waals surface area contributed by atoms with Crippen LogP contribution in [0, 0.1) is 12.3 Å². The van der Waals surface area contributed by atoms with E-state index in [1.165, 1.54) is 0 Å². The Morgan fingerprint density at radius 3 is 3.00 bits per heavy atom. The first-order valence-electron chi connectivity index (χ1n) is 3.01. The second-order valence-electron chi connectivity index (χ2n) is 1.68. The van der Waals surface area contributed by atoms with E-state index in [-0.39, 0.29) is 6.16 Å². The summed E-state index contributed by atoms with van der Waals surface area (Å²) >= 11 is 0. The van der Waals surface area contributed by atoms with Gasteiger partial charge in [0.1, 0.15) is 0 Å². The van der Waals surface area contributed by atoms with Crippen molar-refractivity contribution in [2.45, 2.75) is 6.42 Å². The van der Waals surface area contributed by atoms with Gasteiger partial charge in [-0.05, 0) is 6.42 Å². The molecule has 0 rings (SSSR count). The minimum absolute atomic E-state index is 0.238. The quantitative estimate of drug-likeness (QED) is 0.263. The molecule has 0 fully saturated rings. The molecule has 0 aliphatic rings. The standard InChI is InChI=1S/C7H11O2P/c1-3-5-6-9-10(8)7-4-2/h2-3,10H,1,5-7H2. The molecule has 1 unspecified atom stereocenters. The summed E-state index contributed by atoms with van der Waals surface area (Å²) in [6.45, 7) is 3.95. The summed E-state index contributed by atoms with van der Waals surface area (Å²) in [6.07, 6.45) is 7.58. The van der Waals surface area contributed by atoms with Crippen molar-refractivity contribution in [3.8, 4) is 12.3 Å². The highest BCUT2D eigenvalue weighted by Gasteiger charge is 1.93. The summed E-state index contributed by atoms with van der Waals surface area (Å²) < 4.78 is 15.6. The summed E-state index contributed by atoms with van der Waals surface area (Å²) in [5.74, 6) is 2.28. The molecule has 0 heterocycles. The highest BCUT2D eigenvalue weighted by molar-refractivity contribution is 7.39. The normalized spacial score (nSPS) is 11.9. The molecule has 3 heteroatoms. The molecule has 2 nitrogen and oxygen atoms in total. The highest BCUT2D eigenvalue weighted by atomic mass is 31.1. The molecule has 0 N–H and O–H groups in total. The maximum absolute atomic E-state index is 10.7. The zero-order valence-electron chi connectivity index (χ0n) is 5.80. The van der Waals surface area contributed by atoms with Gasteiger partial charge in [0.15, 0.2) is 0 Å². The van der Waals surface area contributed by atoms with Crippen LogP contribution in [0.2, 0.25) is 0 Å². The first kappa shape index (κ1) is 9.49.